The highest BCUT2D eigenvalue weighted by Gasteiger charge is 2.30. The van der Waals surface area contributed by atoms with E-state index in [0.29, 0.717) is 4.47 Å². The van der Waals surface area contributed by atoms with Gasteiger partial charge in [0.05, 0.1) is 5.02 Å². The Labute approximate surface area is 102 Å². The minimum atomic E-state index is -3.49. The average molecular weight is 311 g/mol. The second-order valence-corrected chi connectivity index (χ2v) is 6.36. The van der Waals surface area contributed by atoms with Crippen LogP contribution in [0.15, 0.2) is 27.6 Å². The predicted octanol–water partition coefficient (Wildman–Crippen LogP) is 2.54. The van der Waals surface area contributed by atoms with Gasteiger partial charge in [-0.2, -0.15) is 0 Å². The molecule has 0 aliphatic heterocycles. The molecule has 1 N–H and O–H groups in total. The van der Waals surface area contributed by atoms with E-state index in [1.165, 1.54) is 0 Å². The van der Waals surface area contributed by atoms with E-state index in [1.807, 2.05) is 0 Å². The molecule has 3 nitrogen and oxygen atoms in total. The van der Waals surface area contributed by atoms with Gasteiger partial charge < -0.3 is 0 Å². The van der Waals surface area contributed by atoms with Crippen molar-refractivity contribution in [1.82, 2.24) is 4.72 Å². The van der Waals surface area contributed by atoms with E-state index in [0.717, 1.165) is 12.8 Å². The van der Waals surface area contributed by atoms with Gasteiger partial charge in [-0.25, -0.2) is 13.1 Å². The quantitative estimate of drug-likeness (QED) is 0.932. The fourth-order valence-corrected chi connectivity index (χ4v) is 4.26. The first-order chi connectivity index (χ1) is 7.00. The number of sulfonamides is 1. The number of halogens is 2. The van der Waals surface area contributed by atoms with Crippen LogP contribution in [0.3, 0.4) is 0 Å². The molecule has 0 amide bonds. The molecule has 0 bridgehead atoms. The first-order valence-electron chi connectivity index (χ1n) is 4.47. The van der Waals surface area contributed by atoms with Gasteiger partial charge in [0, 0.05) is 10.5 Å². The monoisotopic (exact) mass is 309 g/mol. The van der Waals surface area contributed by atoms with Gasteiger partial charge >= 0.3 is 0 Å². The standard InChI is InChI=1S/C9H9BrClNO2S/c10-7-2-1-3-8(11)9(7)15(13,14)12-6-4-5-6/h1-3,6,12H,4-5H2. The second kappa shape index (κ2) is 4.05. The van der Waals surface area contributed by atoms with Crippen LogP contribution in [0.4, 0.5) is 0 Å². The maximum atomic E-state index is 11.9. The lowest BCUT2D eigenvalue weighted by atomic mass is 10.4. The van der Waals surface area contributed by atoms with Crippen molar-refractivity contribution in [2.45, 2.75) is 23.8 Å². The van der Waals surface area contributed by atoms with E-state index in [2.05, 4.69) is 20.7 Å². The molecule has 1 fully saturated rings. The molecule has 2 rings (SSSR count). The molecular formula is C9H9BrClNO2S. The molecule has 82 valence electrons. The summed E-state index contributed by atoms with van der Waals surface area (Å²) in [5.41, 5.74) is 0. The molecule has 1 aliphatic rings. The van der Waals surface area contributed by atoms with Crippen molar-refractivity contribution in [3.63, 3.8) is 0 Å². The third kappa shape index (κ3) is 2.53. The van der Waals surface area contributed by atoms with Crippen LogP contribution in [0.2, 0.25) is 5.02 Å². The Balaban J connectivity index is 2.42. The smallest absolute Gasteiger partial charge is 0.208 e. The van der Waals surface area contributed by atoms with E-state index in [9.17, 15) is 8.42 Å². The largest absolute Gasteiger partial charge is 0.243 e. The maximum Gasteiger partial charge on any atom is 0.243 e. The molecule has 0 unspecified atom stereocenters. The summed E-state index contributed by atoms with van der Waals surface area (Å²) in [5.74, 6) is 0. The zero-order valence-corrected chi connectivity index (χ0v) is 10.9. The van der Waals surface area contributed by atoms with Crippen LogP contribution in [0.25, 0.3) is 0 Å². The molecule has 0 atom stereocenters. The summed E-state index contributed by atoms with van der Waals surface area (Å²) in [7, 11) is -3.49. The zero-order chi connectivity index (χ0) is 11.1. The van der Waals surface area contributed by atoms with Crippen LogP contribution in [-0.2, 0) is 10.0 Å². The van der Waals surface area contributed by atoms with E-state index in [1.54, 1.807) is 18.2 Å². The minimum absolute atomic E-state index is 0.0816. The highest BCUT2D eigenvalue weighted by atomic mass is 79.9. The summed E-state index contributed by atoms with van der Waals surface area (Å²) in [5, 5.41) is 0.234. The molecule has 1 saturated carbocycles. The fourth-order valence-electron chi connectivity index (χ4n) is 1.22. The van der Waals surface area contributed by atoms with E-state index < -0.39 is 10.0 Å². The Morgan fingerprint density at radius 2 is 2.07 bits per heavy atom. The van der Waals surface area contributed by atoms with Crippen LogP contribution in [0.5, 0.6) is 0 Å². The van der Waals surface area contributed by atoms with Crippen molar-refractivity contribution in [2.24, 2.45) is 0 Å². The molecule has 0 radical (unpaired) electrons. The van der Waals surface area contributed by atoms with Gasteiger partial charge in [-0.05, 0) is 40.9 Å². The fraction of sp³-hybridized carbons (Fsp3) is 0.333. The normalized spacial score (nSPS) is 16.7. The Morgan fingerprint density at radius 1 is 1.40 bits per heavy atom. The molecule has 0 aromatic heterocycles. The maximum absolute atomic E-state index is 11.9. The van der Waals surface area contributed by atoms with Crippen molar-refractivity contribution in [2.75, 3.05) is 0 Å². The molecule has 0 saturated heterocycles. The van der Waals surface area contributed by atoms with Crippen molar-refractivity contribution < 1.29 is 8.42 Å². The summed E-state index contributed by atoms with van der Waals surface area (Å²) in [6, 6.07) is 5.00. The van der Waals surface area contributed by atoms with Crippen LogP contribution >= 0.6 is 27.5 Å². The van der Waals surface area contributed by atoms with Gasteiger partial charge in [0.2, 0.25) is 10.0 Å². The number of hydrogen-bond acceptors (Lipinski definition) is 2. The minimum Gasteiger partial charge on any atom is -0.208 e. The number of nitrogens with one attached hydrogen (secondary N) is 1. The lowest BCUT2D eigenvalue weighted by molar-refractivity contribution is 0.580. The SMILES string of the molecule is O=S(=O)(NC1CC1)c1c(Cl)cccc1Br. The summed E-state index contributed by atoms with van der Waals surface area (Å²) in [4.78, 5) is 0.124. The Hall–Kier alpha value is -0.100. The molecule has 0 spiro atoms. The Bertz CT molecular complexity index is 465. The van der Waals surface area contributed by atoms with Gasteiger partial charge in [0.1, 0.15) is 4.90 Å². The van der Waals surface area contributed by atoms with Crippen LogP contribution < -0.4 is 4.72 Å². The Morgan fingerprint density at radius 3 is 2.60 bits per heavy atom. The first-order valence-corrected chi connectivity index (χ1v) is 7.12. The zero-order valence-electron chi connectivity index (χ0n) is 7.70. The van der Waals surface area contributed by atoms with Crippen LogP contribution in [0.1, 0.15) is 12.8 Å². The molecule has 1 aromatic carbocycles. The van der Waals surface area contributed by atoms with Crippen LogP contribution in [0, 0.1) is 0 Å². The number of hydrogen-bond donors (Lipinski definition) is 1. The molecule has 1 aromatic rings. The topological polar surface area (TPSA) is 46.2 Å². The van der Waals surface area contributed by atoms with Crippen molar-refractivity contribution in [3.8, 4) is 0 Å². The Kier molecular flexibility index (Phi) is 3.07. The molecule has 0 heterocycles. The third-order valence-electron chi connectivity index (χ3n) is 2.09. The van der Waals surface area contributed by atoms with Crippen molar-refractivity contribution in [1.29, 1.82) is 0 Å². The number of benzene rings is 1. The van der Waals surface area contributed by atoms with Crippen molar-refractivity contribution >= 4 is 37.6 Å². The molecule has 1 aliphatic carbocycles. The molecular weight excluding hydrogens is 302 g/mol. The third-order valence-corrected chi connectivity index (χ3v) is 5.06. The lowest BCUT2D eigenvalue weighted by Crippen LogP contribution is -2.26. The molecule has 15 heavy (non-hydrogen) atoms. The summed E-state index contributed by atoms with van der Waals surface area (Å²) < 4.78 is 26.9. The number of rotatable bonds is 3. The van der Waals surface area contributed by atoms with Gasteiger partial charge in [0.15, 0.2) is 0 Å². The predicted molar refractivity (Wildman–Crippen MR) is 62.5 cm³/mol. The summed E-state index contributed by atoms with van der Waals surface area (Å²) in [6.07, 6.45) is 1.81. The van der Waals surface area contributed by atoms with Gasteiger partial charge in [-0.1, -0.05) is 17.7 Å². The molecule has 6 heteroatoms. The van der Waals surface area contributed by atoms with Gasteiger partial charge in [0.25, 0.3) is 0 Å². The van der Waals surface area contributed by atoms with E-state index in [4.69, 9.17) is 11.6 Å². The average Bonchev–Trinajstić information content (AvgIpc) is 2.86. The highest BCUT2D eigenvalue weighted by molar-refractivity contribution is 9.10. The first kappa shape index (κ1) is 11.4. The summed E-state index contributed by atoms with van der Waals surface area (Å²) >= 11 is 9.06. The van der Waals surface area contributed by atoms with Gasteiger partial charge in [-0.3, -0.25) is 0 Å². The highest BCUT2D eigenvalue weighted by Crippen LogP contribution is 2.31. The van der Waals surface area contributed by atoms with E-state index in [-0.39, 0.29) is 16.0 Å². The van der Waals surface area contributed by atoms with Crippen LogP contribution in [-0.4, -0.2) is 14.5 Å². The second-order valence-electron chi connectivity index (χ2n) is 3.45. The lowest BCUT2D eigenvalue weighted by Gasteiger charge is -2.08. The van der Waals surface area contributed by atoms with Gasteiger partial charge in [-0.15, -0.1) is 0 Å². The summed E-state index contributed by atoms with van der Waals surface area (Å²) in [6.45, 7) is 0. The van der Waals surface area contributed by atoms with Crippen molar-refractivity contribution in [3.05, 3.63) is 27.7 Å². The van der Waals surface area contributed by atoms with E-state index >= 15 is 0 Å².